The number of aryl methyl sites for hydroxylation is 1. The first-order valence-electron chi connectivity index (χ1n) is 6.86. The van der Waals surface area contributed by atoms with E-state index in [-0.39, 0.29) is 0 Å². The van der Waals surface area contributed by atoms with Crippen LogP contribution in [0, 0.1) is 12.8 Å². The van der Waals surface area contributed by atoms with E-state index in [9.17, 15) is 0 Å². The molecule has 1 heterocycles. The summed E-state index contributed by atoms with van der Waals surface area (Å²) in [5.74, 6) is 0.913. The van der Waals surface area contributed by atoms with Crippen molar-refractivity contribution in [2.75, 3.05) is 26.2 Å². The molecule has 2 aliphatic rings. The molecule has 1 N–H and O–H groups in total. The number of nitrogens with one attached hydrogen (secondary N) is 1. The normalized spacial score (nSPS) is 23.6. The van der Waals surface area contributed by atoms with Gasteiger partial charge >= 0.3 is 0 Å². The molecule has 1 saturated heterocycles. The van der Waals surface area contributed by atoms with Crippen LogP contribution in [-0.4, -0.2) is 31.1 Å². The second-order valence-electron chi connectivity index (χ2n) is 5.48. The van der Waals surface area contributed by atoms with Gasteiger partial charge in [-0.05, 0) is 31.2 Å². The smallest absolute Gasteiger partial charge is 0.0377 e. The Kier molecular flexibility index (Phi) is 3.17. The van der Waals surface area contributed by atoms with Crippen LogP contribution >= 0.6 is 0 Å². The maximum Gasteiger partial charge on any atom is 0.0377 e. The molecule has 1 aromatic carbocycles. The topological polar surface area (TPSA) is 15.3 Å². The summed E-state index contributed by atoms with van der Waals surface area (Å²) >= 11 is 0. The Morgan fingerprint density at radius 1 is 1.12 bits per heavy atom. The molecule has 0 aromatic heterocycles. The molecule has 0 bridgehead atoms. The molecule has 0 amide bonds. The zero-order valence-electron chi connectivity index (χ0n) is 10.7. The first kappa shape index (κ1) is 11.2. The summed E-state index contributed by atoms with van der Waals surface area (Å²) in [7, 11) is 0. The Bertz CT molecular complexity index is 361. The summed E-state index contributed by atoms with van der Waals surface area (Å²) in [6.07, 6.45) is 2.84. The Labute approximate surface area is 104 Å². The van der Waals surface area contributed by atoms with E-state index in [2.05, 4.69) is 41.4 Å². The van der Waals surface area contributed by atoms with Crippen molar-refractivity contribution in [1.29, 1.82) is 0 Å². The molecule has 17 heavy (non-hydrogen) atoms. The van der Waals surface area contributed by atoms with Gasteiger partial charge in [-0.1, -0.05) is 29.8 Å². The third-order valence-corrected chi connectivity index (χ3v) is 4.03. The van der Waals surface area contributed by atoms with Crippen molar-refractivity contribution in [3.63, 3.8) is 0 Å². The van der Waals surface area contributed by atoms with Gasteiger partial charge in [0.2, 0.25) is 0 Å². The van der Waals surface area contributed by atoms with E-state index in [4.69, 9.17) is 0 Å². The highest BCUT2D eigenvalue weighted by atomic mass is 15.2. The van der Waals surface area contributed by atoms with Crippen molar-refractivity contribution in [3.05, 3.63) is 35.4 Å². The first-order valence-corrected chi connectivity index (χ1v) is 6.86. The fourth-order valence-corrected chi connectivity index (χ4v) is 2.92. The average Bonchev–Trinajstić information content (AvgIpc) is 3.18. The van der Waals surface area contributed by atoms with E-state index in [1.54, 1.807) is 0 Å². The molecule has 1 aliphatic heterocycles. The minimum Gasteiger partial charge on any atom is -0.314 e. The molecular weight excluding hydrogens is 208 g/mol. The highest BCUT2D eigenvalue weighted by Gasteiger charge is 2.36. The molecule has 1 aliphatic carbocycles. The fourth-order valence-electron chi connectivity index (χ4n) is 2.92. The lowest BCUT2D eigenvalue weighted by Crippen LogP contribution is -2.45. The summed E-state index contributed by atoms with van der Waals surface area (Å²) in [4.78, 5) is 2.68. The molecule has 0 spiro atoms. The van der Waals surface area contributed by atoms with Crippen LogP contribution in [-0.2, 0) is 0 Å². The van der Waals surface area contributed by atoms with E-state index in [0.29, 0.717) is 6.04 Å². The summed E-state index contributed by atoms with van der Waals surface area (Å²) in [5, 5.41) is 3.45. The van der Waals surface area contributed by atoms with Gasteiger partial charge in [-0.3, -0.25) is 4.90 Å². The minimum atomic E-state index is 0.678. The van der Waals surface area contributed by atoms with Crippen LogP contribution in [0.25, 0.3) is 0 Å². The highest BCUT2D eigenvalue weighted by molar-refractivity contribution is 5.25. The molecule has 3 rings (SSSR count). The largest absolute Gasteiger partial charge is 0.314 e. The Hall–Kier alpha value is -0.860. The summed E-state index contributed by atoms with van der Waals surface area (Å²) in [6.45, 7) is 6.87. The van der Waals surface area contributed by atoms with Gasteiger partial charge in [-0.2, -0.15) is 0 Å². The predicted octanol–water partition coefficient (Wildman–Crippen LogP) is 2.35. The Morgan fingerprint density at radius 3 is 2.35 bits per heavy atom. The maximum absolute atomic E-state index is 3.45. The molecule has 1 atom stereocenters. The van der Waals surface area contributed by atoms with Gasteiger partial charge in [0.1, 0.15) is 0 Å². The molecule has 92 valence electrons. The predicted molar refractivity (Wildman–Crippen MR) is 71.1 cm³/mol. The summed E-state index contributed by atoms with van der Waals surface area (Å²) in [6, 6.07) is 9.86. The first-order chi connectivity index (χ1) is 8.34. The van der Waals surface area contributed by atoms with Crippen molar-refractivity contribution in [2.45, 2.75) is 25.8 Å². The third kappa shape index (κ3) is 2.53. The van der Waals surface area contributed by atoms with Gasteiger partial charge in [-0.15, -0.1) is 0 Å². The average molecular weight is 230 g/mol. The van der Waals surface area contributed by atoms with Gasteiger partial charge < -0.3 is 5.32 Å². The van der Waals surface area contributed by atoms with E-state index >= 15 is 0 Å². The molecule has 1 saturated carbocycles. The number of piperazine rings is 1. The van der Waals surface area contributed by atoms with Gasteiger partial charge in [0.15, 0.2) is 0 Å². The Balaban J connectivity index is 1.81. The molecular formula is C15H22N2. The van der Waals surface area contributed by atoms with Crippen LogP contribution < -0.4 is 5.32 Å². The van der Waals surface area contributed by atoms with Crippen LogP contribution in [0.4, 0.5) is 0 Å². The third-order valence-electron chi connectivity index (χ3n) is 4.03. The van der Waals surface area contributed by atoms with E-state index in [0.717, 1.165) is 19.0 Å². The second-order valence-corrected chi connectivity index (χ2v) is 5.48. The standard InChI is InChI=1S/C15H22N2/c1-12-2-4-13(5-3-12)15(14-6-7-14)17-10-8-16-9-11-17/h2-5,14-16H,6-11H2,1H3/t15-/m1/s1. The van der Waals surface area contributed by atoms with Crippen molar-refractivity contribution in [2.24, 2.45) is 5.92 Å². The lowest BCUT2D eigenvalue weighted by Gasteiger charge is -2.35. The van der Waals surface area contributed by atoms with Gasteiger partial charge in [0.05, 0.1) is 0 Å². The van der Waals surface area contributed by atoms with Crippen LogP contribution in [0.1, 0.15) is 30.0 Å². The quantitative estimate of drug-likeness (QED) is 0.857. The van der Waals surface area contributed by atoms with E-state index in [1.165, 1.54) is 37.1 Å². The van der Waals surface area contributed by atoms with Gasteiger partial charge in [-0.25, -0.2) is 0 Å². The number of hydrogen-bond acceptors (Lipinski definition) is 2. The summed E-state index contributed by atoms with van der Waals surface area (Å²) in [5.41, 5.74) is 2.89. The molecule has 2 fully saturated rings. The van der Waals surface area contributed by atoms with Crippen LogP contribution in [0.3, 0.4) is 0 Å². The van der Waals surface area contributed by atoms with Crippen LogP contribution in [0.2, 0.25) is 0 Å². The number of rotatable bonds is 3. The van der Waals surface area contributed by atoms with E-state index in [1.807, 2.05) is 0 Å². The van der Waals surface area contributed by atoms with Gasteiger partial charge in [0, 0.05) is 32.2 Å². The number of benzene rings is 1. The highest BCUT2D eigenvalue weighted by Crippen LogP contribution is 2.44. The lowest BCUT2D eigenvalue weighted by atomic mass is 9.99. The van der Waals surface area contributed by atoms with Gasteiger partial charge in [0.25, 0.3) is 0 Å². The van der Waals surface area contributed by atoms with Crippen LogP contribution in [0.15, 0.2) is 24.3 Å². The second kappa shape index (κ2) is 4.79. The number of nitrogens with zero attached hydrogens (tertiary/aromatic N) is 1. The maximum atomic E-state index is 3.45. The SMILES string of the molecule is Cc1ccc([C@H](C2CC2)N2CCNCC2)cc1. The lowest BCUT2D eigenvalue weighted by molar-refractivity contribution is 0.156. The molecule has 0 radical (unpaired) electrons. The Morgan fingerprint density at radius 2 is 1.76 bits per heavy atom. The zero-order chi connectivity index (χ0) is 11.7. The monoisotopic (exact) mass is 230 g/mol. The summed E-state index contributed by atoms with van der Waals surface area (Å²) < 4.78 is 0. The molecule has 1 aromatic rings. The number of hydrogen-bond donors (Lipinski definition) is 1. The van der Waals surface area contributed by atoms with Crippen LogP contribution in [0.5, 0.6) is 0 Å². The van der Waals surface area contributed by atoms with E-state index < -0.39 is 0 Å². The van der Waals surface area contributed by atoms with Crippen molar-refractivity contribution in [3.8, 4) is 0 Å². The molecule has 2 nitrogen and oxygen atoms in total. The zero-order valence-corrected chi connectivity index (χ0v) is 10.7. The fraction of sp³-hybridized carbons (Fsp3) is 0.600. The van der Waals surface area contributed by atoms with Crippen molar-refractivity contribution >= 4 is 0 Å². The van der Waals surface area contributed by atoms with Crippen molar-refractivity contribution < 1.29 is 0 Å². The molecule has 2 heteroatoms. The molecule has 0 unspecified atom stereocenters. The minimum absolute atomic E-state index is 0.678. The van der Waals surface area contributed by atoms with Crippen molar-refractivity contribution in [1.82, 2.24) is 10.2 Å².